The highest BCUT2D eigenvalue weighted by molar-refractivity contribution is 6.21. The fourth-order valence-corrected chi connectivity index (χ4v) is 5.88. The average Bonchev–Trinajstić information content (AvgIpc) is 3.10. The molecule has 0 saturated carbocycles. The molecule has 0 fully saturated rings. The summed E-state index contributed by atoms with van der Waals surface area (Å²) in [6.07, 6.45) is 4.24. The van der Waals surface area contributed by atoms with Gasteiger partial charge in [0.1, 0.15) is 0 Å². The molecule has 3 aliphatic rings. The topological polar surface area (TPSA) is 43.9 Å². The van der Waals surface area contributed by atoms with E-state index < -0.39 is 6.04 Å². The Morgan fingerprint density at radius 2 is 1.15 bits per heavy atom. The van der Waals surface area contributed by atoms with Gasteiger partial charge in [0.15, 0.2) is 0 Å². The lowest BCUT2D eigenvalue weighted by Gasteiger charge is -2.33. The Morgan fingerprint density at radius 3 is 1.62 bits per heavy atom. The molecule has 5 nitrogen and oxygen atoms in total. The Labute approximate surface area is 200 Å². The smallest absolute Gasteiger partial charge is 0.262 e. The molecule has 0 N–H and O–H groups in total. The number of aryl methyl sites for hydroxylation is 2. The summed E-state index contributed by atoms with van der Waals surface area (Å²) in [6, 6.07) is 19.6. The van der Waals surface area contributed by atoms with Gasteiger partial charge in [0, 0.05) is 38.6 Å². The van der Waals surface area contributed by atoms with Crippen molar-refractivity contribution in [1.29, 1.82) is 0 Å². The largest absolute Gasteiger partial charge is 0.374 e. The molecule has 0 bridgehead atoms. The molecule has 3 heterocycles. The van der Waals surface area contributed by atoms with Gasteiger partial charge < -0.3 is 9.80 Å². The minimum atomic E-state index is -0.456. The maximum atomic E-state index is 13.6. The van der Waals surface area contributed by atoms with Crippen LogP contribution in [0.25, 0.3) is 0 Å². The number of rotatable bonds is 3. The first-order valence-electron chi connectivity index (χ1n) is 12.2. The summed E-state index contributed by atoms with van der Waals surface area (Å²) < 4.78 is 0. The average molecular weight is 452 g/mol. The van der Waals surface area contributed by atoms with E-state index in [0.29, 0.717) is 11.1 Å². The first-order valence-corrected chi connectivity index (χ1v) is 12.2. The number of carbonyl (C=O) groups excluding carboxylic acids is 2. The quantitative estimate of drug-likeness (QED) is 0.535. The van der Waals surface area contributed by atoms with Gasteiger partial charge >= 0.3 is 0 Å². The maximum Gasteiger partial charge on any atom is 0.262 e. The number of amides is 2. The number of hydrogen-bond donors (Lipinski definition) is 0. The van der Waals surface area contributed by atoms with Crippen LogP contribution in [-0.4, -0.2) is 43.9 Å². The van der Waals surface area contributed by atoms with E-state index >= 15 is 0 Å². The van der Waals surface area contributed by atoms with E-state index in [1.165, 1.54) is 27.4 Å². The van der Waals surface area contributed by atoms with Crippen LogP contribution >= 0.6 is 0 Å². The molecule has 0 spiro atoms. The first-order chi connectivity index (χ1) is 16.5. The minimum Gasteiger partial charge on any atom is -0.374 e. The van der Waals surface area contributed by atoms with Crippen molar-refractivity contribution in [1.82, 2.24) is 4.90 Å². The van der Waals surface area contributed by atoms with Crippen molar-refractivity contribution < 1.29 is 9.59 Å². The molecule has 3 aromatic rings. The minimum absolute atomic E-state index is 0.213. The Bertz CT molecular complexity index is 1220. The highest BCUT2D eigenvalue weighted by atomic mass is 16.2. The van der Waals surface area contributed by atoms with Crippen LogP contribution in [0.4, 0.5) is 11.4 Å². The molecular formula is C29H29N3O2. The highest BCUT2D eigenvalue weighted by Gasteiger charge is 2.41. The fraction of sp³-hybridized carbons (Fsp3) is 0.310. The van der Waals surface area contributed by atoms with Gasteiger partial charge in [0.2, 0.25) is 0 Å². The third-order valence-corrected chi connectivity index (χ3v) is 7.62. The monoisotopic (exact) mass is 451 g/mol. The Balaban J connectivity index is 1.50. The van der Waals surface area contributed by atoms with Crippen LogP contribution in [0.2, 0.25) is 0 Å². The van der Waals surface area contributed by atoms with Crippen LogP contribution in [0.15, 0.2) is 60.7 Å². The van der Waals surface area contributed by atoms with Gasteiger partial charge in [-0.15, -0.1) is 0 Å². The first kappa shape index (κ1) is 21.0. The number of anilines is 2. The predicted octanol–water partition coefficient (Wildman–Crippen LogP) is 4.84. The van der Waals surface area contributed by atoms with Crippen molar-refractivity contribution >= 4 is 23.2 Å². The second-order valence-corrected chi connectivity index (χ2v) is 9.75. The summed E-state index contributed by atoms with van der Waals surface area (Å²) in [7, 11) is 4.25. The lowest BCUT2D eigenvalue weighted by molar-refractivity contribution is 0.0608. The van der Waals surface area contributed by atoms with Crippen molar-refractivity contribution in [3.05, 3.63) is 94.0 Å². The standard InChI is InChI=1S/C29H29N3O2/c1-30-15-5-7-19-17-21(11-13-25(19)30)27(22-12-14-26-20(18-22)8-6-16-31(26)2)32-28(33)23-9-3-4-10-24(23)29(32)34/h3-4,9-14,17-18,27H,5-8,15-16H2,1-2H3. The molecule has 3 aliphatic heterocycles. The van der Waals surface area contributed by atoms with E-state index in [9.17, 15) is 9.59 Å². The zero-order valence-corrected chi connectivity index (χ0v) is 19.8. The predicted molar refractivity (Wildman–Crippen MR) is 135 cm³/mol. The van der Waals surface area contributed by atoms with Gasteiger partial charge in [0.05, 0.1) is 17.2 Å². The third-order valence-electron chi connectivity index (χ3n) is 7.62. The number of carbonyl (C=O) groups is 2. The van der Waals surface area contributed by atoms with E-state index in [1.54, 1.807) is 12.1 Å². The van der Waals surface area contributed by atoms with E-state index in [1.807, 2.05) is 12.1 Å². The summed E-state index contributed by atoms with van der Waals surface area (Å²) in [4.78, 5) is 33.2. The molecule has 172 valence electrons. The SMILES string of the molecule is CN1CCCc2cc(C(c3ccc4c(c3)CCCN4C)N3C(=O)c4ccccc4C3=O)ccc21. The van der Waals surface area contributed by atoms with E-state index in [-0.39, 0.29) is 11.8 Å². The summed E-state index contributed by atoms with van der Waals surface area (Å²) in [5.41, 5.74) is 8.02. The third kappa shape index (κ3) is 3.22. The van der Waals surface area contributed by atoms with Crippen LogP contribution in [0.1, 0.15) is 61.9 Å². The lowest BCUT2D eigenvalue weighted by atomic mass is 9.90. The molecule has 0 aromatic heterocycles. The fourth-order valence-electron chi connectivity index (χ4n) is 5.88. The van der Waals surface area contributed by atoms with E-state index in [2.05, 4.69) is 60.3 Å². The summed E-state index contributed by atoms with van der Waals surface area (Å²) in [6.45, 7) is 2.10. The van der Waals surface area contributed by atoms with Crippen molar-refractivity contribution in [2.75, 3.05) is 37.0 Å². The molecule has 0 radical (unpaired) electrons. The molecule has 0 unspecified atom stereocenters. The van der Waals surface area contributed by atoms with Crippen LogP contribution in [0.5, 0.6) is 0 Å². The second kappa shape index (κ2) is 8.01. The van der Waals surface area contributed by atoms with Gasteiger partial charge in [-0.25, -0.2) is 0 Å². The summed E-state index contributed by atoms with van der Waals surface area (Å²) >= 11 is 0. The van der Waals surface area contributed by atoms with E-state index in [4.69, 9.17) is 0 Å². The van der Waals surface area contributed by atoms with Crippen molar-refractivity contribution in [2.24, 2.45) is 0 Å². The van der Waals surface area contributed by atoms with Crippen LogP contribution in [0.3, 0.4) is 0 Å². The molecule has 6 rings (SSSR count). The van der Waals surface area contributed by atoms with Gasteiger partial charge in [-0.3, -0.25) is 14.5 Å². The second-order valence-electron chi connectivity index (χ2n) is 9.75. The molecule has 34 heavy (non-hydrogen) atoms. The van der Waals surface area contributed by atoms with Crippen molar-refractivity contribution in [2.45, 2.75) is 31.7 Å². The normalized spacial score (nSPS) is 17.2. The molecule has 0 atom stereocenters. The van der Waals surface area contributed by atoms with Gasteiger partial charge in [-0.05, 0) is 72.2 Å². The highest BCUT2D eigenvalue weighted by Crippen LogP contribution is 2.40. The zero-order chi connectivity index (χ0) is 23.4. The lowest BCUT2D eigenvalue weighted by Crippen LogP contribution is -2.35. The molecule has 0 saturated heterocycles. The zero-order valence-electron chi connectivity index (χ0n) is 19.8. The number of fused-ring (bicyclic) bond motifs is 3. The van der Waals surface area contributed by atoms with Gasteiger partial charge in [-0.2, -0.15) is 0 Å². The Morgan fingerprint density at radius 1 is 0.676 bits per heavy atom. The van der Waals surface area contributed by atoms with Gasteiger partial charge in [-0.1, -0.05) is 36.4 Å². The molecule has 2 amide bonds. The van der Waals surface area contributed by atoms with E-state index in [0.717, 1.165) is 49.9 Å². The number of nitrogens with zero attached hydrogens (tertiary/aromatic N) is 3. The van der Waals surface area contributed by atoms with Crippen LogP contribution < -0.4 is 9.80 Å². The molecule has 5 heteroatoms. The summed E-state index contributed by atoms with van der Waals surface area (Å²) in [5.74, 6) is -0.425. The number of hydrogen-bond acceptors (Lipinski definition) is 4. The maximum absolute atomic E-state index is 13.6. The van der Waals surface area contributed by atoms with Crippen LogP contribution in [0, 0.1) is 0 Å². The summed E-state index contributed by atoms with van der Waals surface area (Å²) in [5, 5.41) is 0. The Kier molecular flexibility index (Phi) is 4.94. The van der Waals surface area contributed by atoms with Crippen molar-refractivity contribution in [3.8, 4) is 0 Å². The Hall–Kier alpha value is -3.60. The molecule has 0 aliphatic carbocycles. The van der Waals surface area contributed by atoms with Gasteiger partial charge in [0.25, 0.3) is 11.8 Å². The number of imide groups is 1. The molecule has 3 aromatic carbocycles. The number of benzene rings is 3. The molecular weight excluding hydrogens is 422 g/mol. The van der Waals surface area contributed by atoms with Crippen molar-refractivity contribution in [3.63, 3.8) is 0 Å². The van der Waals surface area contributed by atoms with Crippen LogP contribution in [-0.2, 0) is 12.8 Å².